The highest BCUT2D eigenvalue weighted by Gasteiger charge is 2.26. The molecule has 0 bridgehead atoms. The van der Waals surface area contributed by atoms with E-state index >= 15 is 0 Å². The van der Waals surface area contributed by atoms with E-state index in [1.54, 1.807) is 0 Å². The highest BCUT2D eigenvalue weighted by Crippen LogP contribution is 2.44. The van der Waals surface area contributed by atoms with Crippen LogP contribution in [-0.2, 0) is 0 Å². The lowest BCUT2D eigenvalue weighted by molar-refractivity contribution is 0.669. The van der Waals surface area contributed by atoms with Crippen LogP contribution in [0.1, 0.15) is 0 Å². The van der Waals surface area contributed by atoms with Crippen LogP contribution in [0.4, 0.5) is 0 Å². The Morgan fingerprint density at radius 3 is 1.07 bits per heavy atom. The van der Waals surface area contributed by atoms with Crippen LogP contribution in [0.3, 0.4) is 0 Å². The molecule has 0 atom stereocenters. The topological polar surface area (TPSA) is 123 Å². The van der Waals surface area contributed by atoms with Crippen LogP contribution in [0.25, 0.3) is 222 Å². The van der Waals surface area contributed by atoms with Crippen LogP contribution >= 0.6 is 0 Å². The Morgan fingerprint density at radius 2 is 0.518 bits per heavy atom. The number of para-hydroxylation sites is 8. The van der Waals surface area contributed by atoms with Crippen molar-refractivity contribution in [2.45, 2.75) is 0 Å². The molecule has 0 fully saturated rings. The summed E-state index contributed by atoms with van der Waals surface area (Å²) >= 11 is 0. The Morgan fingerprint density at radius 1 is 0.175 bits per heavy atom. The number of furan rings is 2. The zero-order chi connectivity index (χ0) is 74.9. The van der Waals surface area contributed by atoms with Gasteiger partial charge in [0.25, 0.3) is 0 Å². The number of benzene rings is 16. The van der Waals surface area contributed by atoms with E-state index in [0.717, 1.165) is 165 Å². The van der Waals surface area contributed by atoms with Crippen LogP contribution in [-0.4, -0.2) is 48.2 Å². The molecule has 8 heterocycles. The van der Waals surface area contributed by atoms with E-state index in [1.807, 2.05) is 84.9 Å². The van der Waals surface area contributed by atoms with Gasteiger partial charge < -0.3 is 18.0 Å². The van der Waals surface area contributed by atoms with Crippen molar-refractivity contribution >= 4 is 131 Å². The van der Waals surface area contributed by atoms with E-state index in [2.05, 4.69) is 309 Å². The van der Waals surface area contributed by atoms with Crippen molar-refractivity contribution in [3.63, 3.8) is 0 Å². The van der Waals surface area contributed by atoms with Crippen molar-refractivity contribution in [3.8, 4) is 91.1 Å². The lowest BCUT2D eigenvalue weighted by Gasteiger charge is -2.12. The second-order valence-electron chi connectivity index (χ2n) is 28.9. The number of rotatable bonds is 10. The minimum atomic E-state index is 0.535. The molecular formula is C102H62N10O2. The SMILES string of the molecule is c1ccc(-c2ccc(-c3nc(-c4cccc5c4oc4ccccc45)nc(-n4c5ccccc5c5cc6c(cc54)c4ccccc4n6-c4ccccc4)n3)cc2)cc1.c1ccc(-c2cccc(-n3c4ccccc4c4cc5c(cc43)c3ccccc3n5-c3nc(-c4ccccc4)nc(-c4ccc5c(c4)oc4ccccc45)n3)c2)cc1. The first-order valence-electron chi connectivity index (χ1n) is 38.2. The zero-order valence-electron chi connectivity index (χ0n) is 61.1. The molecule has 0 radical (unpaired) electrons. The van der Waals surface area contributed by atoms with Crippen molar-refractivity contribution in [1.29, 1.82) is 0 Å². The van der Waals surface area contributed by atoms with Crippen LogP contribution in [0.5, 0.6) is 0 Å². The zero-order valence-corrected chi connectivity index (χ0v) is 61.1. The average Bonchev–Trinajstić information content (AvgIpc) is 1.56. The predicted octanol–water partition coefficient (Wildman–Crippen LogP) is 25.9. The maximum atomic E-state index is 6.54. The molecular weight excluding hydrogens is 1400 g/mol. The van der Waals surface area contributed by atoms with Gasteiger partial charge in [-0.1, -0.05) is 273 Å². The van der Waals surface area contributed by atoms with Gasteiger partial charge in [-0.25, -0.2) is 9.97 Å². The maximum Gasteiger partial charge on any atom is 0.238 e. The third-order valence-electron chi connectivity index (χ3n) is 22.4. The average molecular weight is 1460 g/mol. The summed E-state index contributed by atoms with van der Waals surface area (Å²) in [5.74, 6) is 3.38. The van der Waals surface area contributed by atoms with E-state index in [0.29, 0.717) is 35.2 Å². The summed E-state index contributed by atoms with van der Waals surface area (Å²) in [6, 6.07) is 131. The van der Waals surface area contributed by atoms with Gasteiger partial charge in [0.05, 0.1) is 49.7 Å². The molecule has 114 heavy (non-hydrogen) atoms. The van der Waals surface area contributed by atoms with Crippen LogP contribution in [0.15, 0.2) is 385 Å². The fourth-order valence-corrected chi connectivity index (χ4v) is 17.1. The molecule has 12 heteroatoms. The molecule has 0 aliphatic rings. The van der Waals surface area contributed by atoms with Gasteiger partial charge in [0.15, 0.2) is 23.3 Å². The molecule has 24 aromatic rings. The summed E-state index contributed by atoms with van der Waals surface area (Å²) in [5, 5.41) is 13.4. The monoisotopic (exact) mass is 1460 g/mol. The summed E-state index contributed by atoms with van der Waals surface area (Å²) in [6.45, 7) is 0. The van der Waals surface area contributed by atoms with Gasteiger partial charge in [0.1, 0.15) is 22.3 Å². The molecule has 8 aromatic heterocycles. The number of hydrogen-bond donors (Lipinski definition) is 0. The lowest BCUT2D eigenvalue weighted by Crippen LogP contribution is -2.06. The largest absolute Gasteiger partial charge is 0.456 e. The Balaban J connectivity index is 0.000000135. The predicted molar refractivity (Wildman–Crippen MR) is 464 cm³/mol. The second-order valence-corrected chi connectivity index (χ2v) is 28.9. The van der Waals surface area contributed by atoms with Crippen molar-refractivity contribution in [2.75, 3.05) is 0 Å². The Labute approximate surface area is 651 Å². The maximum absolute atomic E-state index is 6.54. The fourth-order valence-electron chi connectivity index (χ4n) is 17.1. The quantitative estimate of drug-likeness (QED) is 0.133. The molecule has 0 aliphatic carbocycles. The summed E-state index contributed by atoms with van der Waals surface area (Å²) in [4.78, 5) is 31.4. The number of hydrogen-bond acceptors (Lipinski definition) is 8. The Bertz CT molecular complexity index is 7970. The van der Waals surface area contributed by atoms with Gasteiger partial charge in [0, 0.05) is 92.7 Å². The summed E-state index contributed by atoms with van der Waals surface area (Å²) < 4.78 is 22.0. The first-order chi connectivity index (χ1) is 56.5. The molecule has 0 aliphatic heterocycles. The minimum Gasteiger partial charge on any atom is -0.456 e. The van der Waals surface area contributed by atoms with Crippen LogP contribution in [0, 0.1) is 0 Å². The highest BCUT2D eigenvalue weighted by molar-refractivity contribution is 6.21. The number of aromatic nitrogens is 10. The summed E-state index contributed by atoms with van der Waals surface area (Å²) in [6.07, 6.45) is 0. The molecule has 0 N–H and O–H groups in total. The van der Waals surface area contributed by atoms with Gasteiger partial charge in [-0.2, -0.15) is 19.9 Å². The Hall–Kier alpha value is -15.7. The normalized spacial score (nSPS) is 11.9. The van der Waals surface area contributed by atoms with Crippen molar-refractivity contribution in [2.24, 2.45) is 0 Å². The molecule has 532 valence electrons. The smallest absolute Gasteiger partial charge is 0.238 e. The highest BCUT2D eigenvalue weighted by atomic mass is 16.3. The molecule has 0 saturated heterocycles. The standard InChI is InChI=1S/2C51H31N5O/c1-3-14-32(15-4-1)34-18-13-19-36(28-34)55-43-23-10-7-20-37(43)41-31-46-42(30-45(41)55)38-21-8-11-24-44(38)56(46)51-53-49(33-16-5-2-6-17-33)52-50(54-51)35-26-27-40-39-22-9-12-25-47(39)57-48(40)29-35;1-3-14-32(15-4-1)33-26-28-34(29-27-33)49-52-50(40-22-13-21-39-38-20-9-12-25-47(38)57-48(39)40)54-51(53-49)56-44-24-11-8-19-37(44)42-30-45-41(31-46(42)56)36-18-7-10-23-43(36)55(45)35-16-5-2-6-17-35/h2*1-31H. The minimum absolute atomic E-state index is 0.535. The molecule has 0 spiro atoms. The Kier molecular flexibility index (Phi) is 14.7. The number of nitrogens with zero attached hydrogens (tertiary/aromatic N) is 10. The van der Waals surface area contributed by atoms with Crippen molar-refractivity contribution in [3.05, 3.63) is 376 Å². The molecule has 0 unspecified atom stereocenters. The van der Waals surface area contributed by atoms with Gasteiger partial charge in [-0.3, -0.25) is 9.13 Å². The van der Waals surface area contributed by atoms with Crippen LogP contribution in [0.2, 0.25) is 0 Å². The molecule has 0 amide bonds. The van der Waals surface area contributed by atoms with E-state index in [9.17, 15) is 0 Å². The van der Waals surface area contributed by atoms with Gasteiger partial charge >= 0.3 is 0 Å². The van der Waals surface area contributed by atoms with Crippen molar-refractivity contribution < 1.29 is 8.83 Å². The van der Waals surface area contributed by atoms with Gasteiger partial charge in [-0.15, -0.1) is 0 Å². The second kappa shape index (κ2) is 26.0. The molecule has 24 rings (SSSR count). The summed E-state index contributed by atoms with van der Waals surface area (Å²) in [7, 11) is 0. The van der Waals surface area contributed by atoms with Gasteiger partial charge in [-0.05, 0) is 125 Å². The first kappa shape index (κ1) is 64.3. The fraction of sp³-hybridized carbons (Fsp3) is 0. The molecule has 16 aromatic carbocycles. The first-order valence-corrected chi connectivity index (χ1v) is 38.2. The third kappa shape index (κ3) is 10.5. The van der Waals surface area contributed by atoms with E-state index in [-0.39, 0.29) is 0 Å². The third-order valence-corrected chi connectivity index (χ3v) is 22.4. The van der Waals surface area contributed by atoms with Gasteiger partial charge in [0.2, 0.25) is 11.9 Å². The lowest BCUT2D eigenvalue weighted by atomic mass is 10.0. The number of fused-ring (bicyclic) bond motifs is 18. The molecule has 0 saturated carbocycles. The molecule has 12 nitrogen and oxygen atoms in total. The van der Waals surface area contributed by atoms with E-state index in [4.69, 9.17) is 38.7 Å². The summed E-state index contributed by atoms with van der Waals surface area (Å²) in [5.41, 5.74) is 22.2. The van der Waals surface area contributed by atoms with Crippen molar-refractivity contribution in [1.82, 2.24) is 48.2 Å². The van der Waals surface area contributed by atoms with E-state index in [1.165, 1.54) is 21.9 Å². The van der Waals surface area contributed by atoms with Crippen LogP contribution < -0.4 is 0 Å². The van der Waals surface area contributed by atoms with E-state index < -0.39 is 0 Å².